The minimum Gasteiger partial charge on any atom is -0.487 e. The summed E-state index contributed by atoms with van der Waals surface area (Å²) in [7, 11) is 0. The van der Waals surface area contributed by atoms with Gasteiger partial charge in [-0.05, 0) is 44.2 Å². The van der Waals surface area contributed by atoms with Crippen LogP contribution in [0.4, 0.5) is 11.4 Å². The maximum absolute atomic E-state index is 11.3. The summed E-state index contributed by atoms with van der Waals surface area (Å²) in [4.78, 5) is 13.5. The summed E-state index contributed by atoms with van der Waals surface area (Å²) in [6, 6.07) is 14.0. The molecule has 0 saturated carbocycles. The first-order chi connectivity index (χ1) is 13.7. The van der Waals surface area contributed by atoms with E-state index in [1.54, 1.807) is 13.0 Å². The fourth-order valence-electron chi connectivity index (χ4n) is 3.14. The fourth-order valence-corrected chi connectivity index (χ4v) is 3.31. The molecule has 1 aliphatic rings. The molecule has 2 aromatic rings. The lowest BCUT2D eigenvalue weighted by atomic mass is 10.1. The number of rotatable bonds is 8. The van der Waals surface area contributed by atoms with Crippen LogP contribution in [0, 0.1) is 0 Å². The molecule has 0 unspecified atom stereocenters. The number of carbonyl (C=O) groups is 1. The summed E-state index contributed by atoms with van der Waals surface area (Å²) in [5.41, 5.74) is 3.28. The van der Waals surface area contributed by atoms with Gasteiger partial charge in [-0.25, -0.2) is 4.79 Å². The number of anilines is 2. The van der Waals surface area contributed by atoms with Crippen LogP contribution < -0.4 is 15.0 Å². The standard InChI is InChI=1S/C22H25ClN2O3/c1-2-27-22(26)9-5-12-24-13-6-14-25-19-8-4-3-7-17(19)16-28-21-11-10-18(23)15-20(21)25/h3-5,7-11,15,24H,2,6,12-14,16H2,1H3/b9-5+. The van der Waals surface area contributed by atoms with Gasteiger partial charge in [0.2, 0.25) is 0 Å². The van der Waals surface area contributed by atoms with E-state index in [-0.39, 0.29) is 5.97 Å². The molecule has 0 amide bonds. The van der Waals surface area contributed by atoms with Gasteiger partial charge >= 0.3 is 5.97 Å². The molecule has 0 aromatic heterocycles. The van der Waals surface area contributed by atoms with Gasteiger partial charge in [0.1, 0.15) is 12.4 Å². The maximum Gasteiger partial charge on any atom is 0.330 e. The van der Waals surface area contributed by atoms with Gasteiger partial charge in [-0.2, -0.15) is 0 Å². The number of carbonyl (C=O) groups excluding carboxylic acids is 1. The van der Waals surface area contributed by atoms with Crippen LogP contribution >= 0.6 is 11.6 Å². The monoisotopic (exact) mass is 400 g/mol. The third-order valence-corrected chi connectivity index (χ3v) is 4.65. The number of para-hydroxylation sites is 1. The average molecular weight is 401 g/mol. The van der Waals surface area contributed by atoms with E-state index in [1.807, 2.05) is 30.3 Å². The molecule has 0 radical (unpaired) electrons. The predicted molar refractivity (Wildman–Crippen MR) is 112 cm³/mol. The largest absolute Gasteiger partial charge is 0.487 e. The van der Waals surface area contributed by atoms with E-state index < -0.39 is 0 Å². The lowest BCUT2D eigenvalue weighted by Crippen LogP contribution is -2.24. The number of nitrogens with zero attached hydrogens (tertiary/aromatic N) is 1. The number of halogens is 1. The second-order valence-electron chi connectivity index (χ2n) is 6.39. The highest BCUT2D eigenvalue weighted by Gasteiger charge is 2.21. The summed E-state index contributed by atoms with van der Waals surface area (Å²) in [5, 5.41) is 4.01. The normalized spacial score (nSPS) is 12.9. The molecule has 1 heterocycles. The Morgan fingerprint density at radius 2 is 2.14 bits per heavy atom. The van der Waals surface area contributed by atoms with E-state index in [0.717, 1.165) is 42.2 Å². The SMILES string of the molecule is CCOC(=O)/C=C/CNCCCN1c2ccccc2COc2ccc(Cl)cc21. The van der Waals surface area contributed by atoms with Gasteiger partial charge in [-0.1, -0.05) is 35.9 Å². The minimum absolute atomic E-state index is 0.307. The van der Waals surface area contributed by atoms with Crippen LogP contribution in [0.25, 0.3) is 0 Å². The number of esters is 1. The van der Waals surface area contributed by atoms with Crippen molar-refractivity contribution in [2.75, 3.05) is 31.1 Å². The highest BCUT2D eigenvalue weighted by atomic mass is 35.5. The first-order valence-corrected chi connectivity index (χ1v) is 9.88. The molecule has 28 heavy (non-hydrogen) atoms. The molecule has 2 aromatic carbocycles. The Morgan fingerprint density at radius 3 is 3.00 bits per heavy atom. The third kappa shape index (κ3) is 5.27. The van der Waals surface area contributed by atoms with Crippen molar-refractivity contribution in [2.45, 2.75) is 20.0 Å². The van der Waals surface area contributed by atoms with Crippen LogP contribution in [0.2, 0.25) is 5.02 Å². The average Bonchev–Trinajstić information content (AvgIpc) is 2.84. The van der Waals surface area contributed by atoms with Crippen molar-refractivity contribution >= 4 is 28.9 Å². The number of hydrogen-bond acceptors (Lipinski definition) is 5. The number of fused-ring (bicyclic) bond motifs is 2. The molecule has 0 saturated heterocycles. The van der Waals surface area contributed by atoms with Crippen molar-refractivity contribution < 1.29 is 14.3 Å². The first-order valence-electron chi connectivity index (χ1n) is 9.51. The van der Waals surface area contributed by atoms with Crippen molar-refractivity contribution in [3.63, 3.8) is 0 Å². The molecule has 0 atom stereocenters. The number of hydrogen-bond donors (Lipinski definition) is 1. The Balaban J connectivity index is 1.62. The topological polar surface area (TPSA) is 50.8 Å². The minimum atomic E-state index is -0.307. The van der Waals surface area contributed by atoms with Gasteiger partial charge in [0, 0.05) is 35.4 Å². The first kappa shape index (κ1) is 20.2. The Labute approximate surface area is 170 Å². The van der Waals surface area contributed by atoms with Crippen molar-refractivity contribution in [3.05, 3.63) is 65.2 Å². The second kappa shape index (κ2) is 10.2. The van der Waals surface area contributed by atoms with Crippen LogP contribution in [-0.2, 0) is 16.1 Å². The molecule has 0 bridgehead atoms. The van der Waals surface area contributed by atoms with Crippen LogP contribution in [0.3, 0.4) is 0 Å². The van der Waals surface area contributed by atoms with E-state index in [4.69, 9.17) is 21.1 Å². The highest BCUT2D eigenvalue weighted by molar-refractivity contribution is 6.31. The van der Waals surface area contributed by atoms with Crippen LogP contribution in [-0.4, -0.2) is 32.2 Å². The van der Waals surface area contributed by atoms with Gasteiger partial charge in [0.25, 0.3) is 0 Å². The van der Waals surface area contributed by atoms with E-state index in [0.29, 0.717) is 24.8 Å². The zero-order valence-electron chi connectivity index (χ0n) is 16.0. The lowest BCUT2D eigenvalue weighted by Gasteiger charge is -2.26. The third-order valence-electron chi connectivity index (χ3n) is 4.42. The van der Waals surface area contributed by atoms with E-state index in [1.165, 1.54) is 6.08 Å². The Morgan fingerprint density at radius 1 is 1.29 bits per heavy atom. The van der Waals surface area contributed by atoms with Crippen LogP contribution in [0.1, 0.15) is 18.9 Å². The Kier molecular flexibility index (Phi) is 7.34. The van der Waals surface area contributed by atoms with Crippen LogP contribution in [0.5, 0.6) is 5.75 Å². The Bertz CT molecular complexity index is 838. The molecule has 5 nitrogen and oxygen atoms in total. The molecular weight excluding hydrogens is 376 g/mol. The number of ether oxygens (including phenoxy) is 2. The second-order valence-corrected chi connectivity index (χ2v) is 6.83. The van der Waals surface area contributed by atoms with Gasteiger partial charge in [-0.15, -0.1) is 0 Å². The van der Waals surface area contributed by atoms with Gasteiger partial charge in [-0.3, -0.25) is 0 Å². The lowest BCUT2D eigenvalue weighted by molar-refractivity contribution is -0.137. The molecule has 3 rings (SSSR count). The summed E-state index contributed by atoms with van der Waals surface area (Å²) < 4.78 is 10.8. The summed E-state index contributed by atoms with van der Waals surface area (Å²) >= 11 is 6.25. The zero-order valence-corrected chi connectivity index (χ0v) is 16.7. The van der Waals surface area contributed by atoms with E-state index in [2.05, 4.69) is 22.3 Å². The number of benzene rings is 2. The van der Waals surface area contributed by atoms with E-state index >= 15 is 0 Å². The Hall–Kier alpha value is -2.50. The summed E-state index contributed by atoms with van der Waals surface area (Å²) in [6.07, 6.45) is 4.16. The van der Waals surface area contributed by atoms with Gasteiger partial charge < -0.3 is 19.7 Å². The van der Waals surface area contributed by atoms with Gasteiger partial charge in [0.05, 0.1) is 12.3 Å². The van der Waals surface area contributed by atoms with E-state index in [9.17, 15) is 4.79 Å². The molecular formula is C22H25ClN2O3. The molecule has 0 fully saturated rings. The highest BCUT2D eigenvalue weighted by Crippen LogP contribution is 2.40. The molecule has 1 N–H and O–H groups in total. The maximum atomic E-state index is 11.3. The smallest absolute Gasteiger partial charge is 0.330 e. The van der Waals surface area contributed by atoms with Crippen molar-refractivity contribution in [1.82, 2.24) is 5.32 Å². The van der Waals surface area contributed by atoms with Crippen molar-refractivity contribution in [2.24, 2.45) is 0 Å². The predicted octanol–water partition coefficient (Wildman–Crippen LogP) is 4.47. The zero-order chi connectivity index (χ0) is 19.8. The molecule has 6 heteroatoms. The van der Waals surface area contributed by atoms with Crippen LogP contribution in [0.15, 0.2) is 54.6 Å². The number of nitrogens with one attached hydrogen (secondary N) is 1. The molecule has 148 valence electrons. The van der Waals surface area contributed by atoms with Gasteiger partial charge in [0.15, 0.2) is 0 Å². The van der Waals surface area contributed by atoms with Crippen molar-refractivity contribution in [3.8, 4) is 5.75 Å². The fraction of sp³-hybridized carbons (Fsp3) is 0.318. The summed E-state index contributed by atoms with van der Waals surface area (Å²) in [5.74, 6) is 0.532. The quantitative estimate of drug-likeness (QED) is 0.402. The molecule has 1 aliphatic heterocycles. The summed E-state index contributed by atoms with van der Waals surface area (Å²) in [6.45, 7) is 4.99. The molecule has 0 spiro atoms. The van der Waals surface area contributed by atoms with Crippen molar-refractivity contribution in [1.29, 1.82) is 0 Å². The molecule has 0 aliphatic carbocycles.